The number of nitrogens with zero attached hydrogens (tertiary/aromatic N) is 3. The number of ether oxygens (including phenoxy) is 1. The third-order valence-electron chi connectivity index (χ3n) is 4.76. The Morgan fingerprint density at radius 3 is 2.53 bits per heavy atom. The highest BCUT2D eigenvalue weighted by Gasteiger charge is 2.16. The van der Waals surface area contributed by atoms with E-state index in [1.54, 1.807) is 50.2 Å². The Kier molecular flexibility index (Phi) is 9.74. The molecule has 1 aromatic heterocycles. The van der Waals surface area contributed by atoms with Gasteiger partial charge in [-0.05, 0) is 57.2 Å². The smallest absolute Gasteiger partial charge is 0.338 e. The van der Waals surface area contributed by atoms with Gasteiger partial charge in [-0.3, -0.25) is 9.59 Å². The maximum atomic E-state index is 12.5. The molecular weight excluding hydrogens is 525 g/mol. The Bertz CT molecular complexity index is 1270. The number of thioether (sulfide) groups is 1. The number of nitrogens with one attached hydrogen (secondary N) is 2. The van der Waals surface area contributed by atoms with Gasteiger partial charge in [-0.25, -0.2) is 4.79 Å². The highest BCUT2D eigenvalue weighted by molar-refractivity contribution is 7.99. The fourth-order valence-corrected chi connectivity index (χ4v) is 4.23. The molecule has 0 fully saturated rings. The Morgan fingerprint density at radius 2 is 1.83 bits per heavy atom. The number of carbonyl (C=O) groups is 3. The average Bonchev–Trinajstić information content (AvgIpc) is 3.24. The molecule has 3 aromatic rings. The van der Waals surface area contributed by atoms with Crippen molar-refractivity contribution in [3.63, 3.8) is 0 Å². The summed E-state index contributed by atoms with van der Waals surface area (Å²) in [6.45, 7) is 6.15. The molecule has 0 spiro atoms. The molecule has 0 aliphatic carbocycles. The number of rotatable bonds is 10. The Labute approximate surface area is 222 Å². The maximum absolute atomic E-state index is 12.5. The van der Waals surface area contributed by atoms with Crippen molar-refractivity contribution >= 4 is 58.4 Å². The molecule has 0 unspecified atom stereocenters. The molecule has 0 saturated heterocycles. The molecule has 9 nitrogen and oxygen atoms in total. The normalized spacial score (nSPS) is 10.8. The number of halogens is 2. The fraction of sp³-hybridized carbons (Fsp3) is 0.292. The second-order valence-electron chi connectivity index (χ2n) is 7.83. The number of benzene rings is 2. The zero-order valence-corrected chi connectivity index (χ0v) is 22.2. The summed E-state index contributed by atoms with van der Waals surface area (Å²) in [5.41, 5.74) is 1.22. The molecule has 12 heteroatoms. The van der Waals surface area contributed by atoms with Crippen LogP contribution in [0.15, 0.2) is 47.6 Å². The van der Waals surface area contributed by atoms with Gasteiger partial charge >= 0.3 is 5.97 Å². The number of amides is 2. The molecule has 1 heterocycles. The lowest BCUT2D eigenvalue weighted by molar-refractivity contribution is -0.113. The summed E-state index contributed by atoms with van der Waals surface area (Å²) in [5.74, 6) is -0.425. The summed E-state index contributed by atoms with van der Waals surface area (Å²) >= 11 is 13.1. The van der Waals surface area contributed by atoms with Gasteiger partial charge in [0.15, 0.2) is 11.0 Å². The summed E-state index contributed by atoms with van der Waals surface area (Å²) in [7, 11) is 0. The van der Waals surface area contributed by atoms with Crippen LogP contribution in [0.25, 0.3) is 0 Å². The van der Waals surface area contributed by atoms with Crippen LogP contribution in [0, 0.1) is 0 Å². The lowest BCUT2D eigenvalue weighted by Crippen LogP contribution is -2.24. The van der Waals surface area contributed by atoms with Crippen molar-refractivity contribution in [3.8, 4) is 0 Å². The molecule has 2 aromatic carbocycles. The van der Waals surface area contributed by atoms with Gasteiger partial charge in [0.2, 0.25) is 5.91 Å². The van der Waals surface area contributed by atoms with Crippen LogP contribution >= 0.6 is 35.0 Å². The summed E-state index contributed by atoms with van der Waals surface area (Å²) < 4.78 is 7.00. The first-order chi connectivity index (χ1) is 17.2. The fourth-order valence-electron chi connectivity index (χ4n) is 3.11. The minimum atomic E-state index is -0.453. The lowest BCUT2D eigenvalue weighted by Gasteiger charge is -2.10. The second-order valence-corrected chi connectivity index (χ2v) is 9.58. The molecule has 36 heavy (non-hydrogen) atoms. The number of hydrogen-bond donors (Lipinski definition) is 2. The second kappa shape index (κ2) is 12.8. The first-order valence-electron chi connectivity index (χ1n) is 11.1. The average molecular weight is 550 g/mol. The van der Waals surface area contributed by atoms with Crippen LogP contribution in [-0.4, -0.2) is 44.4 Å². The predicted molar refractivity (Wildman–Crippen MR) is 140 cm³/mol. The zero-order valence-electron chi connectivity index (χ0n) is 19.9. The van der Waals surface area contributed by atoms with Crippen molar-refractivity contribution < 1.29 is 19.1 Å². The van der Waals surface area contributed by atoms with Gasteiger partial charge in [0.05, 0.1) is 34.0 Å². The first kappa shape index (κ1) is 27.5. The van der Waals surface area contributed by atoms with E-state index in [9.17, 15) is 14.4 Å². The van der Waals surface area contributed by atoms with E-state index in [2.05, 4.69) is 20.8 Å². The summed E-state index contributed by atoms with van der Waals surface area (Å²) in [6.07, 6.45) is -0.239. The van der Waals surface area contributed by atoms with E-state index in [-0.39, 0.29) is 30.2 Å². The van der Waals surface area contributed by atoms with Crippen LogP contribution in [0.1, 0.15) is 47.3 Å². The minimum Gasteiger partial charge on any atom is -0.459 e. The van der Waals surface area contributed by atoms with Gasteiger partial charge < -0.3 is 19.9 Å². The van der Waals surface area contributed by atoms with Gasteiger partial charge in [0, 0.05) is 17.8 Å². The van der Waals surface area contributed by atoms with E-state index in [0.717, 1.165) is 0 Å². The number of esters is 1. The summed E-state index contributed by atoms with van der Waals surface area (Å²) in [6, 6.07) is 11.2. The third-order valence-corrected chi connectivity index (χ3v) is 6.46. The monoisotopic (exact) mass is 549 g/mol. The molecular formula is C24H25Cl2N5O4S. The summed E-state index contributed by atoms with van der Waals surface area (Å²) in [5, 5.41) is 15.1. The largest absolute Gasteiger partial charge is 0.459 e. The third kappa shape index (κ3) is 7.46. The van der Waals surface area contributed by atoms with Crippen LogP contribution in [0.4, 0.5) is 5.69 Å². The highest BCUT2D eigenvalue weighted by atomic mass is 35.5. The van der Waals surface area contributed by atoms with E-state index in [1.807, 2.05) is 11.5 Å². The van der Waals surface area contributed by atoms with E-state index in [4.69, 9.17) is 27.9 Å². The topological polar surface area (TPSA) is 115 Å². The Balaban J connectivity index is 1.56. The Hall–Kier alpha value is -3.08. The number of anilines is 1. The SMILES string of the molecule is CCn1c(CNC(=O)c2ccc(Cl)c(Cl)c2)nnc1SCC(=O)Nc1cccc(C(=O)OC(C)C)c1. The van der Waals surface area contributed by atoms with Crippen molar-refractivity contribution in [2.45, 2.75) is 45.1 Å². The Morgan fingerprint density at radius 1 is 1.06 bits per heavy atom. The van der Waals surface area contributed by atoms with Gasteiger partial charge in [-0.15, -0.1) is 10.2 Å². The highest BCUT2D eigenvalue weighted by Crippen LogP contribution is 2.23. The van der Waals surface area contributed by atoms with Crippen LogP contribution in [-0.2, 0) is 22.6 Å². The van der Waals surface area contributed by atoms with Crippen LogP contribution in [0.2, 0.25) is 10.0 Å². The van der Waals surface area contributed by atoms with Gasteiger partial charge in [0.1, 0.15) is 0 Å². The van der Waals surface area contributed by atoms with E-state index in [1.165, 1.54) is 17.8 Å². The molecule has 0 saturated carbocycles. The summed E-state index contributed by atoms with van der Waals surface area (Å²) in [4.78, 5) is 37.0. The lowest BCUT2D eigenvalue weighted by atomic mass is 10.2. The molecule has 0 aliphatic rings. The van der Waals surface area contributed by atoms with Crippen molar-refractivity contribution in [1.82, 2.24) is 20.1 Å². The molecule has 3 rings (SSSR count). The van der Waals surface area contributed by atoms with Crippen LogP contribution in [0.3, 0.4) is 0 Å². The van der Waals surface area contributed by atoms with Crippen LogP contribution < -0.4 is 10.6 Å². The standard InChI is InChI=1S/C24H25Cl2N5O4S/c1-4-31-20(12-27-22(33)15-8-9-18(25)19(26)11-15)29-30-24(31)36-13-21(32)28-17-7-5-6-16(10-17)23(34)35-14(2)3/h5-11,14H,4,12-13H2,1-3H3,(H,27,33)(H,28,32). The minimum absolute atomic E-state index is 0.0778. The molecule has 0 atom stereocenters. The molecule has 0 aliphatic heterocycles. The molecule has 0 radical (unpaired) electrons. The maximum Gasteiger partial charge on any atom is 0.338 e. The number of carbonyl (C=O) groups excluding carboxylic acids is 3. The van der Waals surface area contributed by atoms with E-state index in [0.29, 0.717) is 44.4 Å². The van der Waals surface area contributed by atoms with Crippen molar-refractivity contribution in [1.29, 1.82) is 0 Å². The van der Waals surface area contributed by atoms with E-state index >= 15 is 0 Å². The number of aromatic nitrogens is 3. The molecule has 0 bridgehead atoms. The molecule has 190 valence electrons. The van der Waals surface area contributed by atoms with Crippen molar-refractivity contribution in [2.75, 3.05) is 11.1 Å². The van der Waals surface area contributed by atoms with Crippen LogP contribution in [0.5, 0.6) is 0 Å². The molecule has 2 amide bonds. The van der Waals surface area contributed by atoms with E-state index < -0.39 is 5.97 Å². The van der Waals surface area contributed by atoms with Crippen molar-refractivity contribution in [3.05, 3.63) is 69.5 Å². The zero-order chi connectivity index (χ0) is 26.2. The predicted octanol–water partition coefficient (Wildman–Crippen LogP) is 4.83. The van der Waals surface area contributed by atoms with Gasteiger partial charge in [-0.2, -0.15) is 0 Å². The van der Waals surface area contributed by atoms with Gasteiger partial charge in [-0.1, -0.05) is 41.0 Å². The molecule has 2 N–H and O–H groups in total. The first-order valence-corrected chi connectivity index (χ1v) is 12.8. The van der Waals surface area contributed by atoms with Gasteiger partial charge in [0.25, 0.3) is 5.91 Å². The van der Waals surface area contributed by atoms with Crippen molar-refractivity contribution in [2.24, 2.45) is 0 Å². The number of hydrogen-bond acceptors (Lipinski definition) is 7. The quantitative estimate of drug-likeness (QED) is 0.275.